The van der Waals surface area contributed by atoms with Crippen LogP contribution in [0.1, 0.15) is 54.3 Å². The third-order valence-electron chi connectivity index (χ3n) is 8.15. The minimum absolute atomic E-state index is 0.120. The topological polar surface area (TPSA) is 212 Å². The number of benzene rings is 3. The van der Waals surface area contributed by atoms with Gasteiger partial charge in [-0.15, -0.1) is 0 Å². The van der Waals surface area contributed by atoms with Gasteiger partial charge in [-0.3, -0.25) is 20.2 Å². The summed E-state index contributed by atoms with van der Waals surface area (Å²) in [7, 11) is 1.09. The van der Waals surface area contributed by atoms with Gasteiger partial charge in [0.15, 0.2) is 0 Å². The molecular formula is C36H32N2O13. The highest BCUT2D eigenvalue weighted by atomic mass is 16.6. The average molecular weight is 701 g/mol. The maximum Gasteiger partial charge on any atom is 0.339 e. The molecule has 15 nitrogen and oxygen atoms in total. The normalized spacial score (nSPS) is 12.5. The van der Waals surface area contributed by atoms with E-state index in [-0.39, 0.29) is 35.3 Å². The van der Waals surface area contributed by atoms with Gasteiger partial charge in [0.2, 0.25) is 0 Å². The van der Waals surface area contributed by atoms with E-state index < -0.39 is 50.5 Å². The molecule has 2 aromatic heterocycles. The maximum absolute atomic E-state index is 13.7. The third kappa shape index (κ3) is 7.94. The molecule has 1 atom stereocenters. The molecule has 264 valence electrons. The van der Waals surface area contributed by atoms with Crippen LogP contribution in [0.25, 0.3) is 33.1 Å². The van der Waals surface area contributed by atoms with Crippen molar-refractivity contribution in [3.05, 3.63) is 120 Å². The standard InChI is InChI=1S/C36H32N2O13/c1-20(13-15-49-33-25-10-12-32(39)50-30(25)19-29-26(33)14-16-48-29)5-11-31(36(2,3)42)51-35(41)24-9-7-22(38(45)46)18-28(24)27-17-21(37(43)44)6-8-23(27)34(40)47-4/h6-10,12-14,16-19,31,42H,5,11,15H2,1-4H3/b20-13+/t31-/m1/s1. The molecule has 0 aliphatic rings. The molecule has 1 N–H and O–H groups in total. The van der Waals surface area contributed by atoms with Crippen LogP contribution >= 0.6 is 0 Å². The molecule has 2 heterocycles. The van der Waals surface area contributed by atoms with Gasteiger partial charge in [0.25, 0.3) is 11.4 Å². The molecule has 0 radical (unpaired) electrons. The number of nitro benzene ring substituents is 2. The molecule has 0 amide bonds. The number of ether oxygens (including phenoxy) is 3. The van der Waals surface area contributed by atoms with E-state index >= 15 is 0 Å². The van der Waals surface area contributed by atoms with Crippen LogP contribution in [0.15, 0.2) is 92.2 Å². The number of nitrogens with zero attached hydrogens (tertiary/aromatic N) is 2. The number of rotatable bonds is 13. The van der Waals surface area contributed by atoms with Gasteiger partial charge in [0, 0.05) is 47.5 Å². The van der Waals surface area contributed by atoms with Crippen molar-refractivity contribution in [3.8, 4) is 16.9 Å². The first-order chi connectivity index (χ1) is 24.2. The number of esters is 2. The number of fused-ring (bicyclic) bond motifs is 2. The van der Waals surface area contributed by atoms with Crippen LogP contribution in [0.3, 0.4) is 0 Å². The summed E-state index contributed by atoms with van der Waals surface area (Å²) in [6.07, 6.45) is 2.71. The summed E-state index contributed by atoms with van der Waals surface area (Å²) in [6, 6.07) is 12.6. The van der Waals surface area contributed by atoms with Crippen molar-refractivity contribution < 1.29 is 47.6 Å². The van der Waals surface area contributed by atoms with E-state index in [4.69, 9.17) is 23.0 Å². The van der Waals surface area contributed by atoms with Crippen molar-refractivity contribution >= 4 is 45.3 Å². The Morgan fingerprint density at radius 1 is 0.902 bits per heavy atom. The number of hydrogen-bond donors (Lipinski definition) is 1. The smallest absolute Gasteiger partial charge is 0.339 e. The molecule has 15 heteroatoms. The minimum atomic E-state index is -1.55. The van der Waals surface area contributed by atoms with Gasteiger partial charge in [0.05, 0.1) is 50.7 Å². The predicted molar refractivity (Wildman–Crippen MR) is 183 cm³/mol. The highest BCUT2D eigenvalue weighted by Crippen LogP contribution is 2.36. The Labute approximate surface area is 288 Å². The molecule has 3 aromatic carbocycles. The van der Waals surface area contributed by atoms with Gasteiger partial charge in [-0.2, -0.15) is 0 Å². The van der Waals surface area contributed by atoms with Crippen molar-refractivity contribution in [3.63, 3.8) is 0 Å². The molecule has 0 aliphatic heterocycles. The van der Waals surface area contributed by atoms with Crippen LogP contribution < -0.4 is 10.4 Å². The molecule has 5 aromatic rings. The van der Waals surface area contributed by atoms with Crippen molar-refractivity contribution in [2.24, 2.45) is 0 Å². The summed E-state index contributed by atoms with van der Waals surface area (Å²) >= 11 is 0. The Kier molecular flexibility index (Phi) is 10.3. The Bertz CT molecular complexity index is 2260. The highest BCUT2D eigenvalue weighted by molar-refractivity contribution is 6.04. The van der Waals surface area contributed by atoms with Gasteiger partial charge >= 0.3 is 17.6 Å². The summed E-state index contributed by atoms with van der Waals surface area (Å²) in [6.45, 7) is 4.85. The summed E-state index contributed by atoms with van der Waals surface area (Å²) < 4.78 is 27.4. The van der Waals surface area contributed by atoms with Crippen LogP contribution in [0, 0.1) is 20.2 Å². The van der Waals surface area contributed by atoms with Crippen LogP contribution in [-0.2, 0) is 9.47 Å². The van der Waals surface area contributed by atoms with Crippen molar-refractivity contribution in [1.82, 2.24) is 0 Å². The first kappa shape index (κ1) is 35.9. The van der Waals surface area contributed by atoms with Gasteiger partial charge < -0.3 is 28.2 Å². The second kappa shape index (κ2) is 14.6. The zero-order valence-electron chi connectivity index (χ0n) is 27.9. The van der Waals surface area contributed by atoms with Crippen LogP contribution in [0.5, 0.6) is 5.75 Å². The first-order valence-corrected chi connectivity index (χ1v) is 15.5. The number of methoxy groups -OCH3 is 1. The zero-order valence-corrected chi connectivity index (χ0v) is 27.9. The molecule has 0 aliphatic carbocycles. The molecule has 0 fully saturated rings. The first-order valence-electron chi connectivity index (χ1n) is 15.5. The lowest BCUT2D eigenvalue weighted by Gasteiger charge is -2.29. The van der Waals surface area contributed by atoms with Gasteiger partial charge in [0.1, 0.15) is 29.6 Å². The fraction of sp³-hybridized carbons (Fsp3) is 0.250. The fourth-order valence-corrected chi connectivity index (χ4v) is 5.45. The molecule has 0 unspecified atom stereocenters. The molecular weight excluding hydrogens is 668 g/mol. The molecule has 5 rings (SSSR count). The van der Waals surface area contributed by atoms with Crippen LogP contribution in [0.4, 0.5) is 11.4 Å². The number of carbonyl (C=O) groups excluding carboxylic acids is 2. The lowest BCUT2D eigenvalue weighted by molar-refractivity contribution is -0.385. The van der Waals surface area contributed by atoms with E-state index in [1.165, 1.54) is 26.2 Å². The second-order valence-electron chi connectivity index (χ2n) is 12.1. The number of carbonyl (C=O) groups is 2. The molecule has 0 bridgehead atoms. The lowest BCUT2D eigenvalue weighted by Crippen LogP contribution is -2.39. The average Bonchev–Trinajstić information content (AvgIpc) is 3.56. The van der Waals surface area contributed by atoms with Crippen LogP contribution in [-0.4, -0.2) is 52.3 Å². The predicted octanol–water partition coefficient (Wildman–Crippen LogP) is 6.91. The van der Waals surface area contributed by atoms with E-state index in [0.717, 1.165) is 49.1 Å². The Morgan fingerprint density at radius 2 is 1.51 bits per heavy atom. The van der Waals surface area contributed by atoms with Gasteiger partial charge in [-0.1, -0.05) is 5.57 Å². The van der Waals surface area contributed by atoms with E-state index in [1.54, 1.807) is 24.3 Å². The quantitative estimate of drug-likeness (QED) is 0.0435. The summed E-state index contributed by atoms with van der Waals surface area (Å²) in [5.41, 5.74) is -2.11. The summed E-state index contributed by atoms with van der Waals surface area (Å²) in [4.78, 5) is 59.9. The molecule has 0 saturated heterocycles. The number of furan rings is 1. The van der Waals surface area contributed by atoms with E-state index in [0.29, 0.717) is 34.1 Å². The van der Waals surface area contributed by atoms with Gasteiger partial charge in [-0.25, -0.2) is 14.4 Å². The van der Waals surface area contributed by atoms with E-state index in [2.05, 4.69) is 0 Å². The Morgan fingerprint density at radius 3 is 2.10 bits per heavy atom. The van der Waals surface area contributed by atoms with Crippen molar-refractivity contribution in [2.75, 3.05) is 13.7 Å². The Hall–Kier alpha value is -6.35. The summed E-state index contributed by atoms with van der Waals surface area (Å²) in [5, 5.41) is 35.5. The van der Waals surface area contributed by atoms with E-state index in [1.807, 2.05) is 6.92 Å². The number of hydrogen-bond acceptors (Lipinski definition) is 13. The largest absolute Gasteiger partial charge is 0.488 e. The van der Waals surface area contributed by atoms with E-state index in [9.17, 15) is 39.7 Å². The number of allylic oxidation sites excluding steroid dienone is 1. The number of non-ortho nitro benzene ring substituents is 2. The Balaban J connectivity index is 1.38. The van der Waals surface area contributed by atoms with Crippen molar-refractivity contribution in [2.45, 2.75) is 45.3 Å². The van der Waals surface area contributed by atoms with Crippen molar-refractivity contribution in [1.29, 1.82) is 0 Å². The van der Waals surface area contributed by atoms with Gasteiger partial charge in [-0.05, 0) is 64.0 Å². The highest BCUT2D eigenvalue weighted by Gasteiger charge is 2.32. The monoisotopic (exact) mass is 700 g/mol. The SMILES string of the molecule is COC(=O)c1ccc([N+](=O)[O-])cc1-c1cc([N+](=O)[O-])ccc1C(=O)O[C@H](CC/C(C)=C/COc1c2ccoc2cc2oc(=O)ccc12)C(C)(C)O. The van der Waals surface area contributed by atoms with Crippen LogP contribution in [0.2, 0.25) is 0 Å². The lowest BCUT2D eigenvalue weighted by atomic mass is 9.93. The fourth-order valence-electron chi connectivity index (χ4n) is 5.45. The second-order valence-corrected chi connectivity index (χ2v) is 12.1. The number of nitro groups is 2. The summed E-state index contributed by atoms with van der Waals surface area (Å²) in [5.74, 6) is -1.43. The molecule has 51 heavy (non-hydrogen) atoms. The zero-order chi connectivity index (χ0) is 37.0. The number of aliphatic hydroxyl groups is 1. The molecule has 0 saturated carbocycles. The maximum atomic E-state index is 13.7. The third-order valence-corrected chi connectivity index (χ3v) is 8.15. The minimum Gasteiger partial charge on any atom is -0.488 e. The molecule has 0 spiro atoms.